The third-order valence-electron chi connectivity index (χ3n) is 3.89. The van der Waals surface area contributed by atoms with Crippen LogP contribution in [0.15, 0.2) is 53.4 Å². The Morgan fingerprint density at radius 3 is 2.19 bits per heavy atom. The molecule has 2 aromatic carbocycles. The van der Waals surface area contributed by atoms with Crippen molar-refractivity contribution in [2.45, 2.75) is 17.9 Å². The molecule has 1 unspecified atom stereocenters. The maximum Gasteiger partial charge on any atom is 0.328 e. The first-order chi connectivity index (χ1) is 12.2. The van der Waals surface area contributed by atoms with Gasteiger partial charge in [0.05, 0.1) is 10.9 Å². The minimum Gasteiger partial charge on any atom is -0.335 e. The molecule has 6 nitrogen and oxygen atoms in total. The van der Waals surface area contributed by atoms with E-state index in [0.29, 0.717) is 5.02 Å². The number of carbonyl (C=O) groups is 1. The number of nitrogens with zero attached hydrogens (tertiary/aromatic N) is 1. The number of urea groups is 1. The van der Waals surface area contributed by atoms with Gasteiger partial charge in [-0.2, -0.15) is 0 Å². The number of hydrogen-bond acceptors (Lipinski definition) is 4. The van der Waals surface area contributed by atoms with E-state index in [1.54, 1.807) is 24.3 Å². The van der Waals surface area contributed by atoms with E-state index in [9.17, 15) is 13.2 Å². The van der Waals surface area contributed by atoms with E-state index < -0.39 is 16.1 Å². The topological polar surface area (TPSA) is 78.5 Å². The third-order valence-corrected chi connectivity index (χ3v) is 5.49. The summed E-state index contributed by atoms with van der Waals surface area (Å²) in [7, 11) is -0.154. The lowest BCUT2D eigenvalue weighted by molar-refractivity contribution is 0.237. The standard InChI is InChI=1S/C18H22ClN3O3S/c1-13-4-10-16(11-5-13)26(24,25)21-18(23)20-12-17(22(2)3)14-6-8-15(19)9-7-14/h4-11,17H,12H2,1-3H3,(H2,20,21,23). The highest BCUT2D eigenvalue weighted by Gasteiger charge is 2.19. The predicted octanol–water partition coefficient (Wildman–Crippen LogP) is 2.94. The molecule has 2 N–H and O–H groups in total. The van der Waals surface area contributed by atoms with Gasteiger partial charge < -0.3 is 10.2 Å². The van der Waals surface area contributed by atoms with E-state index in [1.165, 1.54) is 12.1 Å². The lowest BCUT2D eigenvalue weighted by Crippen LogP contribution is -2.42. The van der Waals surface area contributed by atoms with E-state index in [1.807, 2.05) is 42.8 Å². The van der Waals surface area contributed by atoms with Crippen molar-refractivity contribution < 1.29 is 13.2 Å². The molecule has 2 aromatic rings. The third kappa shape index (κ3) is 5.45. The van der Waals surface area contributed by atoms with Gasteiger partial charge in [-0.3, -0.25) is 0 Å². The Hall–Kier alpha value is -2.09. The summed E-state index contributed by atoms with van der Waals surface area (Å²) in [5.74, 6) is 0. The predicted molar refractivity (Wildman–Crippen MR) is 103 cm³/mol. The van der Waals surface area contributed by atoms with Crippen LogP contribution in [0.1, 0.15) is 17.2 Å². The number of benzene rings is 2. The second kappa shape index (κ2) is 8.53. The van der Waals surface area contributed by atoms with Gasteiger partial charge in [0.15, 0.2) is 0 Å². The van der Waals surface area contributed by atoms with Crippen LogP contribution in [0.25, 0.3) is 0 Å². The maximum atomic E-state index is 12.2. The van der Waals surface area contributed by atoms with Crippen LogP contribution in [-0.4, -0.2) is 40.0 Å². The molecule has 0 saturated heterocycles. The second-order valence-corrected chi connectivity index (χ2v) is 8.28. The minimum absolute atomic E-state index is 0.0418. The fraction of sp³-hybridized carbons (Fsp3) is 0.278. The average Bonchev–Trinajstić information content (AvgIpc) is 2.56. The van der Waals surface area contributed by atoms with Crippen LogP contribution < -0.4 is 10.0 Å². The van der Waals surface area contributed by atoms with Gasteiger partial charge in [0.2, 0.25) is 0 Å². The largest absolute Gasteiger partial charge is 0.335 e. The zero-order valence-electron chi connectivity index (χ0n) is 14.9. The molecule has 26 heavy (non-hydrogen) atoms. The fourth-order valence-corrected chi connectivity index (χ4v) is 3.46. The number of aryl methyl sites for hydroxylation is 1. The summed E-state index contributed by atoms with van der Waals surface area (Å²) in [6, 6.07) is 12.7. The first-order valence-corrected chi connectivity index (χ1v) is 9.84. The minimum atomic E-state index is -3.91. The zero-order valence-corrected chi connectivity index (χ0v) is 16.4. The van der Waals surface area contributed by atoms with Gasteiger partial charge in [-0.05, 0) is 50.8 Å². The number of likely N-dealkylation sites (N-methyl/N-ethyl adjacent to an activating group) is 1. The van der Waals surface area contributed by atoms with Crippen LogP contribution >= 0.6 is 11.6 Å². The molecule has 2 amide bonds. The Morgan fingerprint density at radius 2 is 1.65 bits per heavy atom. The van der Waals surface area contributed by atoms with Crippen molar-refractivity contribution in [3.8, 4) is 0 Å². The van der Waals surface area contributed by atoms with Gasteiger partial charge in [0, 0.05) is 11.6 Å². The SMILES string of the molecule is Cc1ccc(S(=O)(=O)NC(=O)NCC(c2ccc(Cl)cc2)N(C)C)cc1. The molecular weight excluding hydrogens is 374 g/mol. The number of sulfonamides is 1. The summed E-state index contributed by atoms with van der Waals surface area (Å²) in [5, 5.41) is 3.24. The maximum absolute atomic E-state index is 12.2. The summed E-state index contributed by atoms with van der Waals surface area (Å²) >= 11 is 5.90. The molecule has 0 saturated carbocycles. The molecule has 0 heterocycles. The Morgan fingerprint density at radius 1 is 1.08 bits per heavy atom. The van der Waals surface area contributed by atoms with Crippen LogP contribution in [0.2, 0.25) is 5.02 Å². The van der Waals surface area contributed by atoms with E-state index in [4.69, 9.17) is 11.6 Å². The van der Waals surface area contributed by atoms with E-state index in [2.05, 4.69) is 5.32 Å². The molecule has 0 aliphatic carbocycles. The van der Waals surface area contributed by atoms with Crippen molar-refractivity contribution >= 4 is 27.7 Å². The summed E-state index contributed by atoms with van der Waals surface area (Å²) < 4.78 is 26.5. The van der Waals surface area contributed by atoms with E-state index in [0.717, 1.165) is 11.1 Å². The summed E-state index contributed by atoms with van der Waals surface area (Å²) in [6.07, 6.45) is 0. The molecule has 0 fully saturated rings. The summed E-state index contributed by atoms with van der Waals surface area (Å²) in [5.41, 5.74) is 1.89. The van der Waals surface area contributed by atoms with Crippen molar-refractivity contribution in [1.82, 2.24) is 14.9 Å². The van der Waals surface area contributed by atoms with Crippen LogP contribution in [0.4, 0.5) is 4.79 Å². The molecule has 0 aliphatic heterocycles. The number of hydrogen-bond donors (Lipinski definition) is 2. The number of rotatable bonds is 6. The molecule has 2 rings (SSSR count). The quantitative estimate of drug-likeness (QED) is 0.788. The molecule has 0 bridgehead atoms. The van der Waals surface area contributed by atoms with Crippen molar-refractivity contribution in [1.29, 1.82) is 0 Å². The lowest BCUT2D eigenvalue weighted by atomic mass is 10.1. The molecular formula is C18H22ClN3O3S. The molecule has 0 aliphatic rings. The van der Waals surface area contributed by atoms with Crippen LogP contribution in [-0.2, 0) is 10.0 Å². The highest BCUT2D eigenvalue weighted by atomic mass is 35.5. The van der Waals surface area contributed by atoms with Crippen molar-refractivity contribution in [2.75, 3.05) is 20.6 Å². The van der Waals surface area contributed by atoms with Crippen molar-refractivity contribution in [2.24, 2.45) is 0 Å². The van der Waals surface area contributed by atoms with Gasteiger partial charge in [-0.15, -0.1) is 0 Å². The van der Waals surface area contributed by atoms with Gasteiger partial charge >= 0.3 is 6.03 Å². The summed E-state index contributed by atoms with van der Waals surface area (Å²) in [4.78, 5) is 14.0. The van der Waals surface area contributed by atoms with Crippen LogP contribution in [0.5, 0.6) is 0 Å². The Labute approximate surface area is 159 Å². The van der Waals surface area contributed by atoms with Gasteiger partial charge in [-0.25, -0.2) is 17.9 Å². The molecule has 1 atom stereocenters. The fourth-order valence-electron chi connectivity index (χ4n) is 2.41. The molecule has 0 spiro atoms. The van der Waals surface area contributed by atoms with Gasteiger partial charge in [-0.1, -0.05) is 41.4 Å². The Balaban J connectivity index is 2.01. The van der Waals surface area contributed by atoms with Crippen LogP contribution in [0.3, 0.4) is 0 Å². The van der Waals surface area contributed by atoms with E-state index >= 15 is 0 Å². The molecule has 0 aromatic heterocycles. The first kappa shape index (κ1) is 20.2. The highest BCUT2D eigenvalue weighted by molar-refractivity contribution is 7.90. The van der Waals surface area contributed by atoms with Crippen LogP contribution in [0, 0.1) is 6.92 Å². The number of nitrogens with one attached hydrogen (secondary N) is 2. The first-order valence-electron chi connectivity index (χ1n) is 7.98. The highest BCUT2D eigenvalue weighted by Crippen LogP contribution is 2.19. The monoisotopic (exact) mass is 395 g/mol. The summed E-state index contributed by atoms with van der Waals surface area (Å²) in [6.45, 7) is 2.10. The van der Waals surface area contributed by atoms with E-state index in [-0.39, 0.29) is 17.5 Å². The second-order valence-electron chi connectivity index (χ2n) is 6.16. The Bertz CT molecular complexity index is 850. The molecule has 8 heteroatoms. The van der Waals surface area contributed by atoms with Crippen molar-refractivity contribution in [3.63, 3.8) is 0 Å². The Kier molecular flexibility index (Phi) is 6.63. The molecule has 140 valence electrons. The normalized spacial score (nSPS) is 12.7. The number of amides is 2. The molecule has 0 radical (unpaired) electrons. The number of halogens is 1. The van der Waals surface area contributed by atoms with Crippen molar-refractivity contribution in [3.05, 3.63) is 64.7 Å². The van der Waals surface area contributed by atoms with Gasteiger partial charge in [0.25, 0.3) is 10.0 Å². The lowest BCUT2D eigenvalue weighted by Gasteiger charge is -2.25. The average molecular weight is 396 g/mol. The van der Waals surface area contributed by atoms with Gasteiger partial charge in [0.1, 0.15) is 0 Å². The number of carbonyl (C=O) groups excluding carboxylic acids is 1. The smallest absolute Gasteiger partial charge is 0.328 e. The zero-order chi connectivity index (χ0) is 19.3.